The summed E-state index contributed by atoms with van der Waals surface area (Å²) in [5, 5.41) is 13.5. The Balaban J connectivity index is 1.95. The van der Waals surface area contributed by atoms with Crippen molar-refractivity contribution in [1.82, 2.24) is 5.32 Å². The number of carboxylic acids is 1. The van der Waals surface area contributed by atoms with E-state index in [1.165, 1.54) is 0 Å². The molecule has 23 heavy (non-hydrogen) atoms. The van der Waals surface area contributed by atoms with Crippen LogP contribution in [0.5, 0.6) is 5.75 Å². The first kappa shape index (κ1) is 16.8. The number of hydrogen-bond acceptors (Lipinski definition) is 3. The van der Waals surface area contributed by atoms with Crippen LogP contribution in [0.1, 0.15) is 24.8 Å². The highest BCUT2D eigenvalue weighted by molar-refractivity contribution is 5.91. The molecule has 0 spiro atoms. The number of methoxy groups -OCH3 is 1. The van der Waals surface area contributed by atoms with Crippen molar-refractivity contribution >= 4 is 22.6 Å². The lowest BCUT2D eigenvalue weighted by Crippen LogP contribution is -2.26. The number of carbonyl (C=O) groups is 2. The topological polar surface area (TPSA) is 75.6 Å². The number of aliphatic carboxylic acids is 1. The molecule has 2 N–H and O–H groups in total. The van der Waals surface area contributed by atoms with Gasteiger partial charge in [-0.15, -0.1) is 0 Å². The van der Waals surface area contributed by atoms with Gasteiger partial charge in [0, 0.05) is 13.0 Å². The minimum Gasteiger partial charge on any atom is -0.497 e. The van der Waals surface area contributed by atoms with Crippen LogP contribution in [0.15, 0.2) is 36.4 Å². The van der Waals surface area contributed by atoms with Crippen molar-refractivity contribution in [3.8, 4) is 5.75 Å². The van der Waals surface area contributed by atoms with E-state index in [2.05, 4.69) is 5.32 Å². The summed E-state index contributed by atoms with van der Waals surface area (Å²) >= 11 is 0. The van der Waals surface area contributed by atoms with Crippen LogP contribution in [-0.4, -0.2) is 30.6 Å². The van der Waals surface area contributed by atoms with Gasteiger partial charge in [-0.1, -0.05) is 24.3 Å². The molecule has 0 saturated heterocycles. The Morgan fingerprint density at radius 1 is 1.17 bits per heavy atom. The van der Waals surface area contributed by atoms with Gasteiger partial charge >= 0.3 is 5.97 Å². The van der Waals surface area contributed by atoms with Crippen molar-refractivity contribution in [3.05, 3.63) is 42.0 Å². The summed E-state index contributed by atoms with van der Waals surface area (Å²) in [6, 6.07) is 11.7. The standard InChI is InChI=1S/C18H21NO4/c1-23-15-9-8-13-5-4-6-14(16(13)12-15)11-17(20)19-10-3-2-7-18(21)22/h4-6,8-9,12H,2-3,7,10-11H2,1H3,(H,19,20)(H,21,22). The number of ether oxygens (including phenoxy) is 1. The van der Waals surface area contributed by atoms with Crippen molar-refractivity contribution in [1.29, 1.82) is 0 Å². The van der Waals surface area contributed by atoms with Crippen LogP contribution in [0.2, 0.25) is 0 Å². The third kappa shape index (κ3) is 4.98. The first-order valence-electron chi connectivity index (χ1n) is 7.64. The molecule has 0 fully saturated rings. The molecule has 0 saturated carbocycles. The van der Waals surface area contributed by atoms with Crippen LogP contribution in [0, 0.1) is 0 Å². The Hall–Kier alpha value is -2.56. The van der Waals surface area contributed by atoms with Gasteiger partial charge in [0.1, 0.15) is 5.75 Å². The van der Waals surface area contributed by atoms with Crippen molar-refractivity contribution in [3.63, 3.8) is 0 Å². The minimum atomic E-state index is -0.805. The fraction of sp³-hybridized carbons (Fsp3) is 0.333. The number of unbranched alkanes of at least 4 members (excludes halogenated alkanes) is 1. The van der Waals surface area contributed by atoms with Gasteiger partial charge in [0.25, 0.3) is 0 Å². The molecule has 0 unspecified atom stereocenters. The largest absolute Gasteiger partial charge is 0.497 e. The third-order valence-electron chi connectivity index (χ3n) is 3.67. The van der Waals surface area contributed by atoms with Crippen LogP contribution < -0.4 is 10.1 Å². The van der Waals surface area contributed by atoms with Gasteiger partial charge in [-0.25, -0.2) is 0 Å². The summed E-state index contributed by atoms with van der Waals surface area (Å²) in [6.07, 6.45) is 1.67. The fourth-order valence-corrected chi connectivity index (χ4v) is 2.46. The van der Waals surface area contributed by atoms with Gasteiger partial charge in [0.2, 0.25) is 5.91 Å². The molecule has 2 aromatic rings. The van der Waals surface area contributed by atoms with E-state index in [4.69, 9.17) is 9.84 Å². The molecular weight excluding hydrogens is 294 g/mol. The molecule has 0 aliphatic heterocycles. The second-order valence-electron chi connectivity index (χ2n) is 5.38. The molecule has 2 aromatic carbocycles. The van der Waals surface area contributed by atoms with Crippen LogP contribution in [0.25, 0.3) is 10.8 Å². The van der Waals surface area contributed by atoms with E-state index in [0.29, 0.717) is 25.8 Å². The monoisotopic (exact) mass is 315 g/mol. The first-order chi connectivity index (χ1) is 11.1. The number of benzene rings is 2. The number of hydrogen-bond donors (Lipinski definition) is 2. The molecule has 0 aliphatic carbocycles. The molecule has 1 amide bonds. The fourth-order valence-electron chi connectivity index (χ4n) is 2.46. The molecule has 0 heterocycles. The maximum Gasteiger partial charge on any atom is 0.303 e. The summed E-state index contributed by atoms with van der Waals surface area (Å²) < 4.78 is 5.24. The first-order valence-corrected chi connectivity index (χ1v) is 7.64. The van der Waals surface area contributed by atoms with Gasteiger partial charge in [-0.05, 0) is 41.3 Å². The molecule has 5 heteroatoms. The Morgan fingerprint density at radius 3 is 2.74 bits per heavy atom. The molecule has 122 valence electrons. The van der Waals surface area contributed by atoms with Gasteiger partial charge < -0.3 is 15.2 Å². The van der Waals surface area contributed by atoms with E-state index >= 15 is 0 Å². The van der Waals surface area contributed by atoms with Crippen molar-refractivity contribution in [2.75, 3.05) is 13.7 Å². The van der Waals surface area contributed by atoms with E-state index < -0.39 is 5.97 Å². The summed E-state index contributed by atoms with van der Waals surface area (Å²) in [7, 11) is 1.62. The predicted octanol–water partition coefficient (Wildman–Crippen LogP) is 2.76. The van der Waals surface area contributed by atoms with E-state index in [1.54, 1.807) is 7.11 Å². The zero-order valence-corrected chi connectivity index (χ0v) is 13.2. The highest BCUT2D eigenvalue weighted by Gasteiger charge is 2.08. The Morgan fingerprint density at radius 2 is 2.00 bits per heavy atom. The summed E-state index contributed by atoms with van der Waals surface area (Å²) in [4.78, 5) is 22.5. The maximum atomic E-state index is 12.0. The van der Waals surface area contributed by atoms with Crippen molar-refractivity contribution in [2.45, 2.75) is 25.7 Å². The summed E-state index contributed by atoms with van der Waals surface area (Å²) in [5.41, 5.74) is 0.949. The highest BCUT2D eigenvalue weighted by atomic mass is 16.5. The zero-order chi connectivity index (χ0) is 16.7. The van der Waals surface area contributed by atoms with Crippen LogP contribution >= 0.6 is 0 Å². The Kier molecular flexibility index (Phi) is 5.97. The summed E-state index contributed by atoms with van der Waals surface area (Å²) in [6.45, 7) is 0.500. The lowest BCUT2D eigenvalue weighted by Gasteiger charge is -2.09. The van der Waals surface area contributed by atoms with Gasteiger partial charge in [0.15, 0.2) is 0 Å². The second-order valence-corrected chi connectivity index (χ2v) is 5.38. The molecule has 0 aliphatic rings. The van der Waals surface area contributed by atoms with Gasteiger partial charge in [-0.2, -0.15) is 0 Å². The lowest BCUT2D eigenvalue weighted by atomic mass is 10.0. The average molecular weight is 315 g/mol. The van der Waals surface area contributed by atoms with Gasteiger partial charge in [-0.3, -0.25) is 9.59 Å². The number of carboxylic acid groups (broad SMARTS) is 1. The van der Waals surface area contributed by atoms with Crippen LogP contribution in [0.3, 0.4) is 0 Å². The number of carbonyl (C=O) groups excluding carboxylic acids is 1. The Bertz CT molecular complexity index is 696. The number of fused-ring (bicyclic) bond motifs is 1. The van der Waals surface area contributed by atoms with E-state index in [0.717, 1.165) is 22.1 Å². The smallest absolute Gasteiger partial charge is 0.303 e. The highest BCUT2D eigenvalue weighted by Crippen LogP contribution is 2.24. The molecule has 5 nitrogen and oxygen atoms in total. The van der Waals surface area contributed by atoms with Crippen LogP contribution in [-0.2, 0) is 16.0 Å². The Labute approximate surface area is 135 Å². The SMILES string of the molecule is COc1ccc2cccc(CC(=O)NCCCCC(=O)O)c2c1. The van der Waals surface area contributed by atoms with Crippen molar-refractivity contribution < 1.29 is 19.4 Å². The molecule has 0 bridgehead atoms. The number of nitrogens with one attached hydrogen (secondary N) is 1. The number of rotatable bonds is 8. The van der Waals surface area contributed by atoms with Crippen LogP contribution in [0.4, 0.5) is 0 Å². The minimum absolute atomic E-state index is 0.0596. The summed E-state index contributed by atoms with van der Waals surface area (Å²) in [5.74, 6) is -0.101. The molecule has 0 radical (unpaired) electrons. The normalized spacial score (nSPS) is 10.5. The molecule has 2 rings (SSSR count). The quantitative estimate of drug-likeness (QED) is 0.735. The molecule has 0 aromatic heterocycles. The lowest BCUT2D eigenvalue weighted by molar-refractivity contribution is -0.137. The third-order valence-corrected chi connectivity index (χ3v) is 3.67. The van der Waals surface area contributed by atoms with E-state index in [9.17, 15) is 9.59 Å². The van der Waals surface area contributed by atoms with E-state index in [-0.39, 0.29) is 12.3 Å². The van der Waals surface area contributed by atoms with Gasteiger partial charge in [0.05, 0.1) is 13.5 Å². The maximum absolute atomic E-state index is 12.0. The van der Waals surface area contributed by atoms with Crippen molar-refractivity contribution in [2.24, 2.45) is 0 Å². The molecular formula is C18H21NO4. The van der Waals surface area contributed by atoms with E-state index in [1.807, 2.05) is 36.4 Å². The zero-order valence-electron chi connectivity index (χ0n) is 13.2. The predicted molar refractivity (Wildman–Crippen MR) is 88.7 cm³/mol. The average Bonchev–Trinajstić information content (AvgIpc) is 2.54. The second kappa shape index (κ2) is 8.17. The number of amides is 1. The molecule has 0 atom stereocenters.